The van der Waals surface area contributed by atoms with Gasteiger partial charge in [0.25, 0.3) is 0 Å². The molecule has 1 aliphatic carbocycles. The highest BCUT2D eigenvalue weighted by Crippen LogP contribution is 2.31. The van der Waals surface area contributed by atoms with E-state index in [1.165, 1.54) is 0 Å². The van der Waals surface area contributed by atoms with Gasteiger partial charge in [0.05, 0.1) is 23.0 Å². The molecule has 5 nitrogen and oxygen atoms in total. The predicted molar refractivity (Wildman–Crippen MR) is 91.2 cm³/mol. The van der Waals surface area contributed by atoms with E-state index in [2.05, 4.69) is 15.5 Å². The molecule has 1 aromatic carbocycles. The number of ether oxygens (including phenoxy) is 1. The molecular weight excluding hydrogens is 290 g/mol. The van der Waals surface area contributed by atoms with Crippen LogP contribution in [0.2, 0.25) is 0 Å². The Balaban J connectivity index is 1.92. The maximum Gasteiger partial charge on any atom is 0.428 e. The summed E-state index contributed by atoms with van der Waals surface area (Å²) in [6.45, 7) is 5.44. The van der Waals surface area contributed by atoms with Gasteiger partial charge >= 0.3 is 6.09 Å². The Bertz CT molecular complexity index is 752. The van der Waals surface area contributed by atoms with Crippen molar-refractivity contribution in [3.8, 4) is 0 Å². The van der Waals surface area contributed by atoms with Crippen molar-refractivity contribution in [1.29, 1.82) is 0 Å². The van der Waals surface area contributed by atoms with Crippen LogP contribution in [0.3, 0.4) is 0 Å². The van der Waals surface area contributed by atoms with E-state index in [0.717, 1.165) is 22.7 Å². The first-order valence-corrected chi connectivity index (χ1v) is 7.53. The quantitative estimate of drug-likeness (QED) is 0.803. The average Bonchev–Trinajstić information content (AvgIpc) is 2.49. The number of hydrogen-bond acceptors (Lipinski definition) is 4. The largest absolute Gasteiger partial charge is 0.443 e. The number of fused-ring (bicyclic) bond motifs is 2. The second-order valence-electron chi connectivity index (χ2n) is 6.39. The Morgan fingerprint density at radius 1 is 1.26 bits per heavy atom. The molecule has 118 valence electrons. The highest BCUT2D eigenvalue weighted by molar-refractivity contribution is 6.24. The fourth-order valence-electron chi connectivity index (χ4n) is 2.50. The van der Waals surface area contributed by atoms with Crippen molar-refractivity contribution in [3.05, 3.63) is 54.1 Å². The van der Waals surface area contributed by atoms with Crippen LogP contribution in [0.1, 0.15) is 26.3 Å². The monoisotopic (exact) mass is 309 g/mol. The lowest BCUT2D eigenvalue weighted by atomic mass is 9.86. The molecule has 1 heterocycles. The molecule has 3 rings (SSSR count). The lowest BCUT2D eigenvalue weighted by Crippen LogP contribution is -2.33. The number of hydrogen-bond donors (Lipinski definition) is 1. The summed E-state index contributed by atoms with van der Waals surface area (Å²) in [6, 6.07) is 7.76. The summed E-state index contributed by atoms with van der Waals surface area (Å²) < 4.78 is 5.23. The summed E-state index contributed by atoms with van der Waals surface area (Å²) in [5.74, 6) is -0.0650. The van der Waals surface area contributed by atoms with Gasteiger partial charge in [0.2, 0.25) is 0 Å². The number of nitrogens with zero attached hydrogens (tertiary/aromatic N) is 2. The van der Waals surface area contributed by atoms with Crippen molar-refractivity contribution in [2.45, 2.75) is 26.4 Å². The van der Waals surface area contributed by atoms with E-state index in [4.69, 9.17) is 4.74 Å². The molecule has 1 amide bonds. The number of benzene rings is 1. The Labute approximate surface area is 135 Å². The molecule has 0 fully saturated rings. The first-order valence-electron chi connectivity index (χ1n) is 7.53. The standard InChI is InChI=1S/C18H19N3O2/c1-18(2,3)23-17(22)21-20-16-12-8-4-6-10-14(12)19-15-11-7-5-9-13(15)16/h4-12H,1-3H3,(H,21,22)/b20-16+. The zero-order valence-electron chi connectivity index (χ0n) is 13.4. The lowest BCUT2D eigenvalue weighted by molar-refractivity contribution is 0.0529. The molecular formula is C18H19N3O2. The number of amides is 1. The Kier molecular flexibility index (Phi) is 3.86. The van der Waals surface area contributed by atoms with E-state index in [1.54, 1.807) is 0 Å². The normalized spacial score (nSPS) is 20.6. The van der Waals surface area contributed by atoms with Gasteiger partial charge in [-0.25, -0.2) is 10.2 Å². The van der Waals surface area contributed by atoms with Crippen LogP contribution in [0.25, 0.3) is 0 Å². The fraction of sp³-hybridized carbons (Fsp3) is 0.278. The maximum atomic E-state index is 11.9. The van der Waals surface area contributed by atoms with Crippen LogP contribution in [0.5, 0.6) is 0 Å². The number of nitrogens with one attached hydrogen (secondary N) is 1. The number of hydrazone groups is 1. The third kappa shape index (κ3) is 3.39. The van der Waals surface area contributed by atoms with Crippen molar-refractivity contribution in [2.24, 2.45) is 16.0 Å². The summed E-state index contributed by atoms with van der Waals surface area (Å²) in [5, 5.41) is 4.32. The summed E-state index contributed by atoms with van der Waals surface area (Å²) in [7, 11) is 0. The third-order valence-electron chi connectivity index (χ3n) is 3.39. The molecule has 0 aromatic heterocycles. The van der Waals surface area contributed by atoms with E-state index in [0.29, 0.717) is 0 Å². The molecule has 1 unspecified atom stereocenters. The molecule has 2 aliphatic rings. The van der Waals surface area contributed by atoms with Gasteiger partial charge in [-0.1, -0.05) is 36.4 Å². The van der Waals surface area contributed by atoms with Gasteiger partial charge in [-0.2, -0.15) is 5.10 Å². The highest BCUT2D eigenvalue weighted by atomic mass is 16.6. The van der Waals surface area contributed by atoms with Gasteiger partial charge < -0.3 is 4.74 Å². The zero-order valence-corrected chi connectivity index (χ0v) is 13.4. The van der Waals surface area contributed by atoms with Gasteiger partial charge in [0.15, 0.2) is 0 Å². The summed E-state index contributed by atoms with van der Waals surface area (Å²) in [6.07, 6.45) is 7.32. The van der Waals surface area contributed by atoms with Crippen molar-refractivity contribution in [3.63, 3.8) is 0 Å². The predicted octanol–water partition coefficient (Wildman–Crippen LogP) is 3.74. The smallest absolute Gasteiger partial charge is 0.428 e. The Morgan fingerprint density at radius 2 is 2.04 bits per heavy atom. The third-order valence-corrected chi connectivity index (χ3v) is 3.39. The van der Waals surface area contributed by atoms with Crippen LogP contribution in [0, 0.1) is 5.92 Å². The summed E-state index contributed by atoms with van der Waals surface area (Å²) in [4.78, 5) is 16.5. The van der Waals surface area contributed by atoms with Gasteiger partial charge in [0, 0.05) is 5.56 Å². The van der Waals surface area contributed by atoms with Gasteiger partial charge in [0.1, 0.15) is 5.60 Å². The maximum absolute atomic E-state index is 11.9. The molecule has 1 N–H and O–H groups in total. The minimum absolute atomic E-state index is 0.0650. The second-order valence-corrected chi connectivity index (χ2v) is 6.39. The minimum Gasteiger partial charge on any atom is -0.443 e. The minimum atomic E-state index is -0.568. The molecule has 1 atom stereocenters. The zero-order chi connectivity index (χ0) is 16.4. The fourth-order valence-corrected chi connectivity index (χ4v) is 2.50. The molecule has 0 spiro atoms. The van der Waals surface area contributed by atoms with Crippen molar-refractivity contribution in [1.82, 2.24) is 5.43 Å². The molecule has 1 aliphatic heterocycles. The topological polar surface area (TPSA) is 63.0 Å². The first-order chi connectivity index (χ1) is 10.9. The number of rotatable bonds is 1. The van der Waals surface area contributed by atoms with Crippen LogP contribution in [0.4, 0.5) is 10.5 Å². The van der Waals surface area contributed by atoms with E-state index in [9.17, 15) is 4.79 Å². The van der Waals surface area contributed by atoms with Crippen molar-refractivity contribution >= 4 is 23.2 Å². The SMILES string of the molecule is CC(C)(C)OC(=O)N/N=C1/c2ccccc2N=C2C=CC=CC21. The van der Waals surface area contributed by atoms with E-state index in [-0.39, 0.29) is 5.92 Å². The lowest BCUT2D eigenvalue weighted by Gasteiger charge is -2.24. The van der Waals surface area contributed by atoms with Gasteiger partial charge in [-0.15, -0.1) is 0 Å². The highest BCUT2D eigenvalue weighted by Gasteiger charge is 2.28. The molecule has 0 bridgehead atoms. The van der Waals surface area contributed by atoms with Crippen LogP contribution in [0.15, 0.2) is 58.7 Å². The molecule has 0 radical (unpaired) electrons. The second kappa shape index (κ2) is 5.83. The van der Waals surface area contributed by atoms with E-state index >= 15 is 0 Å². The van der Waals surface area contributed by atoms with Crippen LogP contribution in [-0.4, -0.2) is 23.1 Å². The van der Waals surface area contributed by atoms with E-state index < -0.39 is 11.7 Å². The first kappa shape index (κ1) is 15.2. The van der Waals surface area contributed by atoms with Crippen LogP contribution >= 0.6 is 0 Å². The van der Waals surface area contributed by atoms with Crippen LogP contribution < -0.4 is 5.43 Å². The van der Waals surface area contributed by atoms with Crippen LogP contribution in [-0.2, 0) is 4.74 Å². The number of carbonyl (C=O) groups is 1. The summed E-state index contributed by atoms with van der Waals surface area (Å²) >= 11 is 0. The molecule has 1 aromatic rings. The molecule has 0 saturated carbocycles. The Hall–Kier alpha value is -2.69. The number of carbonyl (C=O) groups excluding carboxylic acids is 1. The number of aliphatic imine (C=N–C) groups is 1. The number of para-hydroxylation sites is 1. The van der Waals surface area contributed by atoms with Crippen molar-refractivity contribution in [2.75, 3.05) is 0 Å². The van der Waals surface area contributed by atoms with Gasteiger partial charge in [-0.05, 0) is 32.9 Å². The average molecular weight is 309 g/mol. The van der Waals surface area contributed by atoms with E-state index in [1.807, 2.05) is 69.3 Å². The molecule has 5 heteroatoms. The summed E-state index contributed by atoms with van der Waals surface area (Å²) in [5.41, 5.74) is 5.37. The molecule has 0 saturated heterocycles. The Morgan fingerprint density at radius 3 is 2.83 bits per heavy atom. The van der Waals surface area contributed by atoms with Crippen molar-refractivity contribution < 1.29 is 9.53 Å². The number of allylic oxidation sites excluding steroid dienone is 4. The molecule has 23 heavy (non-hydrogen) atoms. The van der Waals surface area contributed by atoms with Gasteiger partial charge in [-0.3, -0.25) is 4.99 Å².